The highest BCUT2D eigenvalue weighted by Crippen LogP contribution is 2.21. The molecule has 3 aromatic rings. The Bertz CT molecular complexity index is 823. The van der Waals surface area contributed by atoms with Gasteiger partial charge in [-0.2, -0.15) is 0 Å². The van der Waals surface area contributed by atoms with Crippen LogP contribution in [-0.4, -0.2) is 22.4 Å². The maximum Gasteiger partial charge on any atom is 0.254 e. The normalized spacial score (nSPS) is 10.8. The number of thiazole rings is 1. The number of hydrogen-bond acceptors (Lipinski definition) is 4. The van der Waals surface area contributed by atoms with Gasteiger partial charge in [0.05, 0.1) is 22.3 Å². The molecule has 0 fully saturated rings. The Labute approximate surface area is 135 Å². The first-order valence-electron chi connectivity index (χ1n) is 6.54. The van der Waals surface area contributed by atoms with E-state index in [1.807, 2.05) is 5.38 Å². The lowest BCUT2D eigenvalue weighted by atomic mass is 10.1. The molecule has 0 unspecified atom stereocenters. The van der Waals surface area contributed by atoms with E-state index < -0.39 is 5.82 Å². The molecular weight excluding hydrogens is 325 g/mol. The van der Waals surface area contributed by atoms with Crippen LogP contribution in [-0.2, 0) is 6.42 Å². The number of halogens is 2. The predicted molar refractivity (Wildman–Crippen MR) is 84.9 cm³/mol. The molecule has 0 radical (unpaired) electrons. The summed E-state index contributed by atoms with van der Waals surface area (Å²) in [6, 6.07) is 5.79. The van der Waals surface area contributed by atoms with Crippen LogP contribution < -0.4 is 5.32 Å². The molecule has 1 aromatic carbocycles. The highest BCUT2D eigenvalue weighted by Gasteiger charge is 2.13. The average Bonchev–Trinajstić information content (AvgIpc) is 2.99. The van der Waals surface area contributed by atoms with Gasteiger partial charge in [-0.1, -0.05) is 11.6 Å². The maximum absolute atomic E-state index is 13.2. The fraction of sp³-hybridized carbons (Fsp3) is 0.133. The maximum atomic E-state index is 13.2. The molecule has 7 heteroatoms. The summed E-state index contributed by atoms with van der Waals surface area (Å²) < 4.78 is 13.2. The van der Waals surface area contributed by atoms with Crippen LogP contribution in [0.25, 0.3) is 10.9 Å². The van der Waals surface area contributed by atoms with Crippen molar-refractivity contribution in [3.63, 3.8) is 0 Å². The van der Waals surface area contributed by atoms with Crippen molar-refractivity contribution in [1.29, 1.82) is 0 Å². The van der Waals surface area contributed by atoms with Crippen molar-refractivity contribution < 1.29 is 9.18 Å². The Morgan fingerprint density at radius 3 is 3.00 bits per heavy atom. The number of carbonyl (C=O) groups is 1. The standard InChI is InChI=1S/C15H11ClFN3OS/c16-14-12(5-9-1-2-10(17)6-13(9)20-14)15(21)18-4-3-11-7-22-8-19-11/h1-2,5-8H,3-4H2,(H,18,21). The number of fused-ring (bicyclic) bond motifs is 1. The molecule has 22 heavy (non-hydrogen) atoms. The number of nitrogens with zero attached hydrogens (tertiary/aromatic N) is 2. The van der Waals surface area contributed by atoms with E-state index in [1.165, 1.54) is 23.5 Å². The highest BCUT2D eigenvalue weighted by atomic mass is 35.5. The van der Waals surface area contributed by atoms with Crippen molar-refractivity contribution in [3.8, 4) is 0 Å². The minimum Gasteiger partial charge on any atom is -0.352 e. The lowest BCUT2D eigenvalue weighted by molar-refractivity contribution is 0.0954. The van der Waals surface area contributed by atoms with E-state index in [2.05, 4.69) is 15.3 Å². The number of nitrogens with one attached hydrogen (secondary N) is 1. The number of carbonyl (C=O) groups excluding carboxylic acids is 1. The summed E-state index contributed by atoms with van der Waals surface area (Å²) in [6.45, 7) is 0.459. The zero-order valence-corrected chi connectivity index (χ0v) is 12.9. The summed E-state index contributed by atoms with van der Waals surface area (Å²) in [6.07, 6.45) is 0.652. The van der Waals surface area contributed by atoms with E-state index in [4.69, 9.17) is 11.6 Å². The molecular formula is C15H11ClFN3OS. The second-order valence-corrected chi connectivity index (χ2v) is 5.73. The average molecular weight is 336 g/mol. The molecule has 0 aliphatic rings. The van der Waals surface area contributed by atoms with E-state index >= 15 is 0 Å². The SMILES string of the molecule is O=C(NCCc1cscn1)c1cc2ccc(F)cc2nc1Cl. The predicted octanol–water partition coefficient (Wildman–Crippen LogP) is 3.46. The second kappa shape index (κ2) is 6.37. The van der Waals surface area contributed by atoms with E-state index in [0.29, 0.717) is 23.9 Å². The monoisotopic (exact) mass is 335 g/mol. The molecule has 0 atom stereocenters. The highest BCUT2D eigenvalue weighted by molar-refractivity contribution is 7.07. The summed E-state index contributed by atoms with van der Waals surface area (Å²) in [5.41, 5.74) is 3.38. The largest absolute Gasteiger partial charge is 0.352 e. The molecule has 0 aliphatic carbocycles. The minimum absolute atomic E-state index is 0.0595. The molecule has 0 bridgehead atoms. The molecule has 0 spiro atoms. The van der Waals surface area contributed by atoms with Crippen LogP contribution in [0.5, 0.6) is 0 Å². The lowest BCUT2D eigenvalue weighted by Crippen LogP contribution is -2.26. The van der Waals surface area contributed by atoms with Crippen LogP contribution in [0, 0.1) is 5.82 Å². The fourth-order valence-electron chi connectivity index (χ4n) is 2.04. The third-order valence-electron chi connectivity index (χ3n) is 3.13. The van der Waals surface area contributed by atoms with Crippen LogP contribution in [0.4, 0.5) is 4.39 Å². The number of benzene rings is 1. The molecule has 0 aliphatic heterocycles. The molecule has 0 saturated carbocycles. The topological polar surface area (TPSA) is 54.9 Å². The smallest absolute Gasteiger partial charge is 0.254 e. The number of amides is 1. The van der Waals surface area contributed by atoms with Crippen LogP contribution in [0.2, 0.25) is 5.15 Å². The van der Waals surface area contributed by atoms with Crippen molar-refractivity contribution >= 4 is 39.7 Å². The van der Waals surface area contributed by atoms with Gasteiger partial charge in [0, 0.05) is 29.8 Å². The second-order valence-electron chi connectivity index (χ2n) is 4.65. The van der Waals surface area contributed by atoms with Crippen LogP contribution in [0.15, 0.2) is 35.2 Å². The van der Waals surface area contributed by atoms with E-state index in [9.17, 15) is 9.18 Å². The molecule has 0 saturated heterocycles. The quantitative estimate of drug-likeness (QED) is 0.743. The van der Waals surface area contributed by atoms with Crippen molar-refractivity contribution in [3.05, 3.63) is 57.4 Å². The Morgan fingerprint density at radius 2 is 2.23 bits per heavy atom. The number of aromatic nitrogens is 2. The van der Waals surface area contributed by atoms with Crippen LogP contribution in [0.3, 0.4) is 0 Å². The van der Waals surface area contributed by atoms with E-state index in [0.717, 1.165) is 5.69 Å². The molecule has 1 amide bonds. The first kappa shape index (κ1) is 14.9. The first-order valence-corrected chi connectivity index (χ1v) is 7.86. The molecule has 1 N–H and O–H groups in total. The summed E-state index contributed by atoms with van der Waals surface area (Å²) in [5.74, 6) is -0.699. The van der Waals surface area contributed by atoms with Crippen molar-refractivity contribution in [2.45, 2.75) is 6.42 Å². The molecule has 112 valence electrons. The third kappa shape index (κ3) is 3.23. The van der Waals surface area contributed by atoms with Crippen LogP contribution in [0.1, 0.15) is 16.1 Å². The first-order chi connectivity index (χ1) is 10.6. The number of hydrogen-bond donors (Lipinski definition) is 1. The Kier molecular flexibility index (Phi) is 4.31. The Morgan fingerprint density at radius 1 is 1.36 bits per heavy atom. The molecule has 2 heterocycles. The van der Waals surface area contributed by atoms with Gasteiger partial charge in [0.2, 0.25) is 0 Å². The molecule has 3 rings (SSSR count). The van der Waals surface area contributed by atoms with Crippen molar-refractivity contribution in [2.75, 3.05) is 6.54 Å². The van der Waals surface area contributed by atoms with Gasteiger partial charge in [0.1, 0.15) is 11.0 Å². The van der Waals surface area contributed by atoms with Gasteiger partial charge in [0.25, 0.3) is 5.91 Å². The van der Waals surface area contributed by atoms with Gasteiger partial charge in [-0.3, -0.25) is 4.79 Å². The van der Waals surface area contributed by atoms with E-state index in [1.54, 1.807) is 17.6 Å². The van der Waals surface area contributed by atoms with Gasteiger partial charge < -0.3 is 5.32 Å². The summed E-state index contributed by atoms with van der Waals surface area (Å²) in [7, 11) is 0. The van der Waals surface area contributed by atoms with Gasteiger partial charge in [-0.15, -0.1) is 11.3 Å². The van der Waals surface area contributed by atoms with Crippen LogP contribution >= 0.6 is 22.9 Å². The Balaban J connectivity index is 1.75. The minimum atomic E-state index is -0.392. The third-order valence-corrected chi connectivity index (χ3v) is 4.05. The summed E-state index contributed by atoms with van der Waals surface area (Å²) >= 11 is 7.54. The van der Waals surface area contributed by atoms with Gasteiger partial charge >= 0.3 is 0 Å². The number of pyridine rings is 1. The number of rotatable bonds is 4. The molecule has 2 aromatic heterocycles. The summed E-state index contributed by atoms with van der Waals surface area (Å²) in [5, 5.41) is 5.44. The van der Waals surface area contributed by atoms with Gasteiger partial charge in [-0.05, 0) is 18.2 Å². The lowest BCUT2D eigenvalue weighted by Gasteiger charge is -2.07. The van der Waals surface area contributed by atoms with E-state index in [-0.39, 0.29) is 16.6 Å². The molecule has 4 nitrogen and oxygen atoms in total. The van der Waals surface area contributed by atoms with Crippen molar-refractivity contribution in [1.82, 2.24) is 15.3 Å². The zero-order valence-electron chi connectivity index (χ0n) is 11.3. The zero-order chi connectivity index (χ0) is 15.5. The van der Waals surface area contributed by atoms with Gasteiger partial charge in [0.15, 0.2) is 0 Å². The Hall–Kier alpha value is -2.05. The summed E-state index contributed by atoms with van der Waals surface area (Å²) in [4.78, 5) is 20.4. The fourth-order valence-corrected chi connectivity index (χ4v) is 2.86. The van der Waals surface area contributed by atoms with Gasteiger partial charge in [-0.25, -0.2) is 14.4 Å². The van der Waals surface area contributed by atoms with Crippen molar-refractivity contribution in [2.24, 2.45) is 0 Å².